The van der Waals surface area contributed by atoms with Crippen molar-refractivity contribution < 1.29 is 14.4 Å². The van der Waals surface area contributed by atoms with Crippen molar-refractivity contribution in [2.45, 2.75) is 58.1 Å². The normalized spacial score (nSPS) is 18.5. The van der Waals surface area contributed by atoms with Crippen LogP contribution in [0.2, 0.25) is 0 Å². The van der Waals surface area contributed by atoms with Gasteiger partial charge in [0.2, 0.25) is 5.91 Å². The zero-order valence-corrected chi connectivity index (χ0v) is 14.9. The fourth-order valence-electron chi connectivity index (χ4n) is 3.71. The van der Waals surface area contributed by atoms with E-state index in [4.69, 9.17) is 4.52 Å². The van der Waals surface area contributed by atoms with E-state index in [0.717, 1.165) is 42.0 Å². The molecule has 0 saturated carbocycles. The van der Waals surface area contributed by atoms with Gasteiger partial charge in [0.05, 0.1) is 11.8 Å². The molecule has 1 aliphatic rings. The van der Waals surface area contributed by atoms with Crippen LogP contribution in [0.3, 0.4) is 0 Å². The van der Waals surface area contributed by atoms with Gasteiger partial charge < -0.3 is 14.5 Å². The molecule has 1 aromatic heterocycles. The van der Waals surface area contributed by atoms with Gasteiger partial charge in [-0.05, 0) is 45.1 Å². The van der Waals surface area contributed by atoms with Gasteiger partial charge in [-0.2, -0.15) is 0 Å². The second-order valence-electron chi connectivity index (χ2n) is 6.85. The van der Waals surface area contributed by atoms with Crippen LogP contribution in [0.15, 0.2) is 34.9 Å². The summed E-state index contributed by atoms with van der Waals surface area (Å²) >= 11 is 0. The number of aryl methyl sites for hydroxylation is 2. The van der Waals surface area contributed by atoms with Gasteiger partial charge in [0.15, 0.2) is 0 Å². The third-order valence-corrected chi connectivity index (χ3v) is 5.15. The van der Waals surface area contributed by atoms with Crippen LogP contribution in [-0.4, -0.2) is 33.7 Å². The molecule has 0 spiro atoms. The standard InChI is InChI=1S/C20H26N2O3/c1-14-18(15(2)25-21-14)10-11-20(24)22-12-6-9-17(22)13-19(23)16-7-4-3-5-8-16/h3-5,7-8,17,19,23H,6,9-13H2,1-2H3. The highest BCUT2D eigenvalue weighted by atomic mass is 16.5. The Morgan fingerprint density at radius 3 is 2.80 bits per heavy atom. The number of benzene rings is 1. The molecule has 2 unspecified atom stereocenters. The third kappa shape index (κ3) is 4.10. The fourth-order valence-corrected chi connectivity index (χ4v) is 3.71. The lowest BCUT2D eigenvalue weighted by Gasteiger charge is -2.27. The molecular weight excluding hydrogens is 316 g/mol. The number of likely N-dealkylation sites (tertiary alicyclic amines) is 1. The van der Waals surface area contributed by atoms with Crippen LogP contribution in [-0.2, 0) is 11.2 Å². The van der Waals surface area contributed by atoms with Gasteiger partial charge in [0, 0.05) is 24.6 Å². The van der Waals surface area contributed by atoms with Gasteiger partial charge in [-0.1, -0.05) is 35.5 Å². The second-order valence-corrected chi connectivity index (χ2v) is 6.85. The van der Waals surface area contributed by atoms with E-state index < -0.39 is 6.10 Å². The summed E-state index contributed by atoms with van der Waals surface area (Å²) in [6, 6.07) is 9.79. The minimum Gasteiger partial charge on any atom is -0.388 e. The number of rotatable bonds is 6. The molecule has 1 aliphatic heterocycles. The Labute approximate surface area is 148 Å². The van der Waals surface area contributed by atoms with Crippen LogP contribution in [0.5, 0.6) is 0 Å². The van der Waals surface area contributed by atoms with Crippen molar-refractivity contribution >= 4 is 5.91 Å². The molecule has 1 amide bonds. The molecule has 0 bridgehead atoms. The number of aliphatic hydroxyl groups excluding tert-OH is 1. The molecule has 1 aromatic carbocycles. The zero-order chi connectivity index (χ0) is 17.8. The first-order valence-corrected chi connectivity index (χ1v) is 9.00. The van der Waals surface area contributed by atoms with Crippen LogP contribution in [0.4, 0.5) is 0 Å². The lowest BCUT2D eigenvalue weighted by molar-refractivity contribution is -0.132. The Bertz CT molecular complexity index is 691. The molecule has 2 aromatic rings. The number of aromatic nitrogens is 1. The Kier molecular flexibility index (Phi) is 5.53. The van der Waals surface area contributed by atoms with Gasteiger partial charge in [-0.15, -0.1) is 0 Å². The number of aliphatic hydroxyl groups is 1. The lowest BCUT2D eigenvalue weighted by atomic mass is 10.00. The molecule has 1 N–H and O–H groups in total. The molecule has 1 fully saturated rings. The highest BCUT2D eigenvalue weighted by Gasteiger charge is 2.30. The summed E-state index contributed by atoms with van der Waals surface area (Å²) in [4.78, 5) is 14.6. The SMILES string of the molecule is Cc1noc(C)c1CCC(=O)N1CCCC1CC(O)c1ccccc1. The molecule has 134 valence electrons. The van der Waals surface area contributed by atoms with E-state index in [1.54, 1.807) is 0 Å². The lowest BCUT2D eigenvalue weighted by Crippen LogP contribution is -2.36. The van der Waals surface area contributed by atoms with Gasteiger partial charge in [0.1, 0.15) is 5.76 Å². The number of hydrogen-bond acceptors (Lipinski definition) is 4. The number of nitrogens with zero attached hydrogens (tertiary/aromatic N) is 2. The van der Waals surface area contributed by atoms with Crippen molar-refractivity contribution in [3.05, 3.63) is 52.9 Å². The Morgan fingerprint density at radius 2 is 2.12 bits per heavy atom. The van der Waals surface area contributed by atoms with Crippen molar-refractivity contribution in [3.8, 4) is 0 Å². The van der Waals surface area contributed by atoms with E-state index in [2.05, 4.69) is 5.16 Å². The van der Waals surface area contributed by atoms with E-state index in [0.29, 0.717) is 19.3 Å². The van der Waals surface area contributed by atoms with E-state index in [1.807, 2.05) is 49.1 Å². The first kappa shape index (κ1) is 17.7. The van der Waals surface area contributed by atoms with Gasteiger partial charge in [0.25, 0.3) is 0 Å². The maximum absolute atomic E-state index is 12.7. The minimum absolute atomic E-state index is 0.118. The van der Waals surface area contributed by atoms with E-state index >= 15 is 0 Å². The van der Waals surface area contributed by atoms with E-state index in [9.17, 15) is 9.90 Å². The minimum atomic E-state index is -0.526. The molecule has 0 radical (unpaired) electrons. The zero-order valence-electron chi connectivity index (χ0n) is 14.9. The van der Waals surface area contributed by atoms with Crippen molar-refractivity contribution in [2.75, 3.05) is 6.54 Å². The fraction of sp³-hybridized carbons (Fsp3) is 0.500. The first-order chi connectivity index (χ1) is 12.1. The quantitative estimate of drug-likeness (QED) is 0.874. The summed E-state index contributed by atoms with van der Waals surface area (Å²) in [5.41, 5.74) is 2.81. The summed E-state index contributed by atoms with van der Waals surface area (Å²) in [5, 5.41) is 14.4. The van der Waals surface area contributed by atoms with Crippen molar-refractivity contribution in [1.82, 2.24) is 10.1 Å². The van der Waals surface area contributed by atoms with Crippen LogP contribution in [0.1, 0.15) is 54.4 Å². The molecule has 2 atom stereocenters. The van der Waals surface area contributed by atoms with Crippen molar-refractivity contribution in [3.63, 3.8) is 0 Å². The number of hydrogen-bond donors (Lipinski definition) is 1. The monoisotopic (exact) mass is 342 g/mol. The summed E-state index contributed by atoms with van der Waals surface area (Å²) in [6.45, 7) is 4.58. The van der Waals surface area contributed by atoms with Crippen LogP contribution >= 0.6 is 0 Å². The van der Waals surface area contributed by atoms with E-state index in [1.165, 1.54) is 0 Å². The Balaban J connectivity index is 1.58. The van der Waals surface area contributed by atoms with Gasteiger partial charge in [-0.25, -0.2) is 0 Å². The Morgan fingerprint density at radius 1 is 1.36 bits per heavy atom. The smallest absolute Gasteiger partial charge is 0.223 e. The average molecular weight is 342 g/mol. The molecule has 0 aliphatic carbocycles. The molecule has 5 heteroatoms. The van der Waals surface area contributed by atoms with Crippen LogP contribution in [0, 0.1) is 13.8 Å². The largest absolute Gasteiger partial charge is 0.388 e. The van der Waals surface area contributed by atoms with Crippen molar-refractivity contribution in [2.24, 2.45) is 0 Å². The predicted octanol–water partition coefficient (Wildman–Crippen LogP) is 3.34. The Hall–Kier alpha value is -2.14. The molecule has 1 saturated heterocycles. The second kappa shape index (κ2) is 7.83. The molecule has 3 rings (SSSR count). The summed E-state index contributed by atoms with van der Waals surface area (Å²) in [5.74, 6) is 0.950. The number of amides is 1. The van der Waals surface area contributed by atoms with Gasteiger partial charge in [-0.3, -0.25) is 4.79 Å². The summed E-state index contributed by atoms with van der Waals surface area (Å²) in [7, 11) is 0. The van der Waals surface area contributed by atoms with Crippen molar-refractivity contribution in [1.29, 1.82) is 0 Å². The molecular formula is C20H26N2O3. The topological polar surface area (TPSA) is 66.6 Å². The average Bonchev–Trinajstić information content (AvgIpc) is 3.20. The first-order valence-electron chi connectivity index (χ1n) is 9.00. The highest BCUT2D eigenvalue weighted by molar-refractivity contribution is 5.77. The summed E-state index contributed by atoms with van der Waals surface area (Å²) < 4.78 is 5.17. The molecule has 2 heterocycles. The third-order valence-electron chi connectivity index (χ3n) is 5.15. The van der Waals surface area contributed by atoms with Crippen LogP contribution in [0.25, 0.3) is 0 Å². The number of carbonyl (C=O) groups excluding carboxylic acids is 1. The van der Waals surface area contributed by atoms with E-state index in [-0.39, 0.29) is 11.9 Å². The summed E-state index contributed by atoms with van der Waals surface area (Å²) in [6.07, 6.45) is 3.15. The highest BCUT2D eigenvalue weighted by Crippen LogP contribution is 2.28. The molecule has 5 nitrogen and oxygen atoms in total. The maximum atomic E-state index is 12.7. The maximum Gasteiger partial charge on any atom is 0.223 e. The van der Waals surface area contributed by atoms with Gasteiger partial charge >= 0.3 is 0 Å². The van der Waals surface area contributed by atoms with Crippen LogP contribution < -0.4 is 0 Å². The predicted molar refractivity (Wildman–Crippen MR) is 95.1 cm³/mol. The number of carbonyl (C=O) groups is 1. The molecule has 25 heavy (non-hydrogen) atoms.